The number of sulfonamides is 1. The van der Waals surface area contributed by atoms with Crippen LogP contribution in [-0.4, -0.2) is 43.5 Å². The largest absolute Gasteiger partial charge is 0.477 e. The molecule has 3 N–H and O–H groups in total. The van der Waals surface area contributed by atoms with Gasteiger partial charge in [0, 0.05) is 36.5 Å². The summed E-state index contributed by atoms with van der Waals surface area (Å²) in [5, 5.41) is 0.336. The minimum Gasteiger partial charge on any atom is -0.477 e. The Kier molecular flexibility index (Phi) is 6.20. The molecule has 0 radical (unpaired) electrons. The maximum absolute atomic E-state index is 13.3. The van der Waals surface area contributed by atoms with Crippen LogP contribution in [0.2, 0.25) is 5.02 Å². The van der Waals surface area contributed by atoms with Gasteiger partial charge in [-0.25, -0.2) is 9.71 Å². The number of aromatic nitrogens is 1. The lowest BCUT2D eigenvalue weighted by atomic mass is 9.50. The summed E-state index contributed by atoms with van der Waals surface area (Å²) in [6.45, 7) is 3.40. The van der Waals surface area contributed by atoms with E-state index >= 15 is 0 Å². The molecule has 1 spiro atoms. The summed E-state index contributed by atoms with van der Waals surface area (Å²) in [5.74, 6) is 0.848. The van der Waals surface area contributed by atoms with Crippen molar-refractivity contribution in [3.63, 3.8) is 0 Å². The molecule has 3 saturated carbocycles. The van der Waals surface area contributed by atoms with Crippen LogP contribution < -0.4 is 20.1 Å². The van der Waals surface area contributed by atoms with Gasteiger partial charge in [-0.05, 0) is 86.6 Å². The van der Waals surface area contributed by atoms with Gasteiger partial charge in [0.15, 0.2) is 10.6 Å². The second-order valence-electron chi connectivity index (χ2n) is 12.1. The molecule has 0 atom stereocenters. The van der Waals surface area contributed by atoms with Crippen LogP contribution in [0.3, 0.4) is 0 Å². The highest BCUT2D eigenvalue weighted by molar-refractivity contribution is 7.90. The third-order valence-corrected chi connectivity index (χ3v) is 10.5. The second-order valence-corrected chi connectivity index (χ2v) is 14.2. The van der Waals surface area contributed by atoms with Gasteiger partial charge in [-0.15, -0.1) is 0 Å². The average Bonchev–Trinajstić information content (AvgIpc) is 3.59. The molecule has 4 fully saturated rings. The van der Waals surface area contributed by atoms with Crippen molar-refractivity contribution in [3.05, 3.63) is 47.0 Å². The number of halogens is 1. The summed E-state index contributed by atoms with van der Waals surface area (Å²) in [4.78, 5) is 19.7. The smallest absolute Gasteiger partial charge is 0.281 e. The van der Waals surface area contributed by atoms with Gasteiger partial charge >= 0.3 is 0 Å². The van der Waals surface area contributed by atoms with E-state index in [9.17, 15) is 13.2 Å². The zero-order valence-corrected chi connectivity index (χ0v) is 23.3. The number of hydrogen-bond acceptors (Lipinski definition) is 7. The molecule has 6 rings (SSSR count). The van der Waals surface area contributed by atoms with Crippen molar-refractivity contribution in [2.24, 2.45) is 11.1 Å². The van der Waals surface area contributed by atoms with E-state index in [2.05, 4.69) is 9.71 Å². The lowest BCUT2D eigenvalue weighted by Crippen LogP contribution is -2.48. The predicted octanol–water partition coefficient (Wildman–Crippen LogP) is 4.52. The number of ether oxygens (including phenoxy) is 1. The first-order chi connectivity index (χ1) is 18.0. The van der Waals surface area contributed by atoms with Crippen LogP contribution in [0.4, 0.5) is 5.82 Å². The van der Waals surface area contributed by atoms with Crippen molar-refractivity contribution >= 4 is 33.3 Å². The van der Waals surface area contributed by atoms with Crippen molar-refractivity contribution in [3.8, 4) is 5.75 Å². The fraction of sp³-hybridized carbons (Fsp3) is 0.571. The Morgan fingerprint density at radius 2 is 1.82 bits per heavy atom. The summed E-state index contributed by atoms with van der Waals surface area (Å²) in [6.07, 6.45) is 8.59. The van der Waals surface area contributed by atoms with Gasteiger partial charge in [0.2, 0.25) is 0 Å². The minimum atomic E-state index is -4.19. The Balaban J connectivity index is 1.16. The van der Waals surface area contributed by atoms with Crippen LogP contribution in [-0.2, 0) is 14.8 Å². The molecule has 3 aliphatic carbocycles. The first-order valence-electron chi connectivity index (χ1n) is 13.6. The molecule has 204 valence electrons. The van der Waals surface area contributed by atoms with Crippen LogP contribution in [0.5, 0.6) is 5.75 Å². The normalized spacial score (nSPS) is 23.3. The molecule has 0 bridgehead atoms. The SMILES string of the molecule is CC1(N)CCN(c2cccc(S(=O)(=O)NC(=O)C3(Oc4cc(Cl)ccc4C4CC5(CCC5)C4)CC3)n2)CC1. The summed E-state index contributed by atoms with van der Waals surface area (Å²) in [6, 6.07) is 10.4. The van der Waals surface area contributed by atoms with Gasteiger partial charge in [-0.2, -0.15) is 8.42 Å². The van der Waals surface area contributed by atoms with Crippen molar-refractivity contribution in [1.29, 1.82) is 0 Å². The van der Waals surface area contributed by atoms with Crippen molar-refractivity contribution < 1.29 is 17.9 Å². The van der Waals surface area contributed by atoms with Gasteiger partial charge in [0.1, 0.15) is 11.6 Å². The zero-order valence-electron chi connectivity index (χ0n) is 21.7. The van der Waals surface area contributed by atoms with E-state index < -0.39 is 21.5 Å². The van der Waals surface area contributed by atoms with E-state index in [4.69, 9.17) is 22.1 Å². The summed E-state index contributed by atoms with van der Waals surface area (Å²) in [5.41, 5.74) is 6.32. The molecule has 10 heteroatoms. The van der Waals surface area contributed by atoms with Crippen LogP contribution >= 0.6 is 11.6 Å². The predicted molar refractivity (Wildman–Crippen MR) is 146 cm³/mol. The number of rotatable bonds is 7. The van der Waals surface area contributed by atoms with Gasteiger partial charge in [-0.1, -0.05) is 30.2 Å². The number of hydrogen-bond donors (Lipinski definition) is 2. The Morgan fingerprint density at radius 3 is 2.45 bits per heavy atom. The number of benzene rings is 1. The van der Waals surface area contributed by atoms with E-state index in [1.807, 2.05) is 24.0 Å². The third-order valence-electron chi connectivity index (χ3n) is 9.05. The first-order valence-corrected chi connectivity index (χ1v) is 15.4. The monoisotopic (exact) mass is 558 g/mol. The number of amides is 1. The minimum absolute atomic E-state index is 0.191. The average molecular weight is 559 g/mol. The van der Waals surface area contributed by atoms with Gasteiger partial charge in [0.25, 0.3) is 15.9 Å². The maximum atomic E-state index is 13.3. The number of pyridine rings is 1. The van der Waals surface area contributed by atoms with E-state index in [1.54, 1.807) is 18.2 Å². The number of nitrogens with two attached hydrogens (primary N) is 1. The third kappa shape index (κ3) is 4.89. The van der Waals surface area contributed by atoms with Crippen molar-refractivity contribution in [1.82, 2.24) is 9.71 Å². The van der Waals surface area contributed by atoms with E-state index in [1.165, 1.54) is 25.3 Å². The molecule has 8 nitrogen and oxygen atoms in total. The topological polar surface area (TPSA) is 115 Å². The number of piperidine rings is 1. The lowest BCUT2D eigenvalue weighted by Gasteiger charge is -2.54. The Bertz CT molecular complexity index is 1350. The number of carbonyl (C=O) groups excluding carboxylic acids is 1. The molecule has 0 unspecified atom stereocenters. The number of nitrogens with one attached hydrogen (secondary N) is 1. The molecule has 2 heterocycles. The quantitative estimate of drug-likeness (QED) is 0.513. The van der Waals surface area contributed by atoms with Gasteiger partial charge in [-0.3, -0.25) is 4.79 Å². The molecule has 2 aromatic rings. The molecular weight excluding hydrogens is 524 g/mol. The van der Waals surface area contributed by atoms with E-state index in [0.717, 1.165) is 31.2 Å². The van der Waals surface area contributed by atoms with E-state index in [-0.39, 0.29) is 10.6 Å². The van der Waals surface area contributed by atoms with Crippen LogP contribution in [0.25, 0.3) is 0 Å². The molecule has 1 aliphatic heterocycles. The summed E-state index contributed by atoms with van der Waals surface area (Å²) >= 11 is 6.29. The molecular formula is C28H35ClN4O4S. The fourth-order valence-corrected chi connectivity index (χ4v) is 7.34. The molecule has 1 saturated heterocycles. The van der Waals surface area contributed by atoms with Crippen molar-refractivity contribution in [2.45, 2.75) is 86.8 Å². The molecule has 1 aromatic heterocycles. The Hall–Kier alpha value is -2.36. The molecule has 1 aromatic carbocycles. The number of nitrogens with zero attached hydrogens (tertiary/aromatic N) is 2. The standard InChI is InChI=1S/C28H35ClN4O4S/c1-26(30)12-14-33(15-13-26)23-4-2-5-24(31-23)38(35,36)32-25(34)28(10-11-28)37-22-16-20(29)6-7-21(22)19-17-27(18-19)8-3-9-27/h2,4-7,16,19H,3,8-15,17-18,30H2,1H3,(H,32,34). The molecule has 4 aliphatic rings. The highest BCUT2D eigenvalue weighted by atomic mass is 35.5. The van der Waals surface area contributed by atoms with Crippen LogP contribution in [0.1, 0.15) is 76.2 Å². The Morgan fingerprint density at radius 1 is 1.11 bits per heavy atom. The fourth-order valence-electron chi connectivity index (χ4n) is 6.17. The van der Waals surface area contributed by atoms with Crippen molar-refractivity contribution in [2.75, 3.05) is 18.0 Å². The highest BCUT2D eigenvalue weighted by Gasteiger charge is 2.55. The van der Waals surface area contributed by atoms with Crippen LogP contribution in [0.15, 0.2) is 41.4 Å². The Labute approximate surface area is 229 Å². The lowest BCUT2D eigenvalue weighted by molar-refractivity contribution is -0.128. The molecule has 38 heavy (non-hydrogen) atoms. The summed E-state index contributed by atoms with van der Waals surface area (Å²) in [7, 11) is -4.19. The molecule has 1 amide bonds. The number of anilines is 1. The van der Waals surface area contributed by atoms with E-state index in [0.29, 0.717) is 53.9 Å². The second kappa shape index (κ2) is 9.10. The highest BCUT2D eigenvalue weighted by Crippen LogP contribution is 2.63. The zero-order chi connectivity index (χ0) is 26.8. The summed E-state index contributed by atoms with van der Waals surface area (Å²) < 4.78 is 34.9. The van der Waals surface area contributed by atoms with Gasteiger partial charge < -0.3 is 15.4 Å². The van der Waals surface area contributed by atoms with Gasteiger partial charge in [0.05, 0.1) is 0 Å². The first kappa shape index (κ1) is 25.9. The number of carbonyl (C=O) groups is 1. The van der Waals surface area contributed by atoms with Crippen LogP contribution in [0, 0.1) is 5.41 Å². The maximum Gasteiger partial charge on any atom is 0.281 e.